The number of rotatable bonds is 2. The van der Waals surface area contributed by atoms with Crippen molar-refractivity contribution >= 4 is 50.0 Å². The number of halogens is 4. The third-order valence-corrected chi connectivity index (χ3v) is 4.22. The van der Waals surface area contributed by atoms with E-state index < -0.39 is 17.5 Å². The minimum atomic E-state index is -1.14. The van der Waals surface area contributed by atoms with Crippen LogP contribution >= 0.6 is 27.5 Å². The fraction of sp³-hybridized carbons (Fsp3) is 0. The second-order valence-electron chi connectivity index (χ2n) is 4.69. The van der Waals surface area contributed by atoms with Crippen LogP contribution in [-0.2, 0) is 0 Å². The molecule has 0 aliphatic heterocycles. The van der Waals surface area contributed by atoms with Gasteiger partial charge >= 0.3 is 0 Å². The van der Waals surface area contributed by atoms with E-state index in [0.717, 1.165) is 22.0 Å². The number of carbonyl (C=O) groups excluding carboxylic acids is 1. The summed E-state index contributed by atoms with van der Waals surface area (Å²) in [5.74, 6) is -2.90. The van der Waals surface area contributed by atoms with Gasteiger partial charge in [0.25, 0.3) is 5.91 Å². The quantitative estimate of drug-likeness (QED) is 0.605. The van der Waals surface area contributed by atoms with Crippen LogP contribution in [0.2, 0.25) is 5.02 Å². The highest BCUT2D eigenvalue weighted by molar-refractivity contribution is 9.10. The minimum absolute atomic E-state index is 0.155. The Morgan fingerprint density at radius 3 is 2.70 bits per heavy atom. The summed E-state index contributed by atoms with van der Waals surface area (Å²) in [4.78, 5) is 16.5. The van der Waals surface area contributed by atoms with Gasteiger partial charge in [0.05, 0.1) is 21.8 Å². The van der Waals surface area contributed by atoms with Crippen molar-refractivity contribution in [1.29, 1.82) is 0 Å². The van der Waals surface area contributed by atoms with Gasteiger partial charge in [-0.25, -0.2) is 8.78 Å². The molecule has 0 aliphatic carbocycles. The molecular formula is C16H8BrClF2N2O. The molecule has 0 saturated carbocycles. The lowest BCUT2D eigenvalue weighted by Gasteiger charge is -2.10. The fourth-order valence-corrected chi connectivity index (χ4v) is 2.81. The summed E-state index contributed by atoms with van der Waals surface area (Å²) in [6.07, 6.45) is 1.59. The van der Waals surface area contributed by atoms with Crippen LogP contribution in [0.25, 0.3) is 10.9 Å². The van der Waals surface area contributed by atoms with Crippen LogP contribution in [0, 0.1) is 11.6 Å². The molecule has 116 valence electrons. The summed E-state index contributed by atoms with van der Waals surface area (Å²) in [5.41, 5.74) is 0.848. The molecule has 0 spiro atoms. The molecule has 0 unspecified atom stereocenters. The number of benzene rings is 2. The molecule has 0 radical (unpaired) electrons. The molecule has 1 heterocycles. The van der Waals surface area contributed by atoms with E-state index >= 15 is 0 Å². The summed E-state index contributed by atoms with van der Waals surface area (Å²) in [6.45, 7) is 0. The van der Waals surface area contributed by atoms with Gasteiger partial charge in [-0.05, 0) is 30.3 Å². The molecule has 3 aromatic rings. The molecule has 1 amide bonds. The molecular weight excluding hydrogens is 390 g/mol. The van der Waals surface area contributed by atoms with Crippen molar-refractivity contribution in [1.82, 2.24) is 4.98 Å². The Kier molecular flexibility index (Phi) is 4.28. The van der Waals surface area contributed by atoms with Crippen molar-refractivity contribution in [2.45, 2.75) is 0 Å². The lowest BCUT2D eigenvalue weighted by Crippen LogP contribution is -2.13. The third-order valence-electron chi connectivity index (χ3n) is 3.22. The monoisotopic (exact) mass is 396 g/mol. The molecule has 0 saturated heterocycles. The van der Waals surface area contributed by atoms with E-state index in [2.05, 4.69) is 26.2 Å². The third kappa shape index (κ3) is 3.04. The highest BCUT2D eigenvalue weighted by Gasteiger charge is 2.16. The number of nitrogens with one attached hydrogen (secondary N) is 1. The van der Waals surface area contributed by atoms with Crippen LogP contribution in [0.3, 0.4) is 0 Å². The number of anilines is 1. The van der Waals surface area contributed by atoms with Gasteiger partial charge in [-0.1, -0.05) is 33.6 Å². The van der Waals surface area contributed by atoms with E-state index in [0.29, 0.717) is 11.2 Å². The van der Waals surface area contributed by atoms with Crippen molar-refractivity contribution in [2.75, 3.05) is 5.32 Å². The summed E-state index contributed by atoms with van der Waals surface area (Å²) in [7, 11) is 0. The molecule has 3 rings (SSSR count). The second-order valence-corrected chi connectivity index (χ2v) is 5.96. The Balaban J connectivity index is 2.01. The van der Waals surface area contributed by atoms with Crippen LogP contribution in [0.4, 0.5) is 14.5 Å². The maximum absolute atomic E-state index is 13.3. The predicted octanol–water partition coefficient (Wildman–Crippen LogP) is 5.18. The van der Waals surface area contributed by atoms with Crippen LogP contribution in [-0.4, -0.2) is 10.9 Å². The first-order valence-corrected chi connectivity index (χ1v) is 7.63. The average Bonchev–Trinajstić information content (AvgIpc) is 2.54. The van der Waals surface area contributed by atoms with E-state index in [4.69, 9.17) is 11.6 Å². The van der Waals surface area contributed by atoms with Crippen molar-refractivity contribution in [2.24, 2.45) is 0 Å². The van der Waals surface area contributed by atoms with Gasteiger partial charge in [0, 0.05) is 16.1 Å². The fourth-order valence-electron chi connectivity index (χ4n) is 2.12. The van der Waals surface area contributed by atoms with E-state index in [1.807, 2.05) is 6.07 Å². The number of carbonyl (C=O) groups is 1. The molecule has 0 atom stereocenters. The minimum Gasteiger partial charge on any atom is -0.320 e. The lowest BCUT2D eigenvalue weighted by molar-refractivity contribution is 0.102. The van der Waals surface area contributed by atoms with Crippen LogP contribution in [0.15, 0.2) is 47.1 Å². The maximum atomic E-state index is 13.3. The number of pyridine rings is 1. The number of amides is 1. The Morgan fingerprint density at radius 1 is 1.17 bits per heavy atom. The Bertz CT molecular complexity index is 933. The smallest absolute Gasteiger partial charge is 0.257 e. The normalized spacial score (nSPS) is 10.8. The number of fused-ring (bicyclic) bond motifs is 1. The lowest BCUT2D eigenvalue weighted by atomic mass is 10.1. The van der Waals surface area contributed by atoms with E-state index in [-0.39, 0.29) is 10.6 Å². The highest BCUT2D eigenvalue weighted by Crippen LogP contribution is 2.29. The summed E-state index contributed by atoms with van der Waals surface area (Å²) in [5, 5.41) is 3.26. The zero-order valence-corrected chi connectivity index (χ0v) is 13.8. The van der Waals surface area contributed by atoms with E-state index in [1.165, 1.54) is 0 Å². The first-order valence-electron chi connectivity index (χ1n) is 6.46. The van der Waals surface area contributed by atoms with Gasteiger partial charge in [0.15, 0.2) is 11.6 Å². The molecule has 2 aromatic carbocycles. The average molecular weight is 398 g/mol. The van der Waals surface area contributed by atoms with Gasteiger partial charge < -0.3 is 5.32 Å². The van der Waals surface area contributed by atoms with Gasteiger partial charge in [0.1, 0.15) is 0 Å². The maximum Gasteiger partial charge on any atom is 0.257 e. The van der Waals surface area contributed by atoms with E-state index in [1.54, 1.807) is 24.4 Å². The molecule has 1 aromatic heterocycles. The Hall–Kier alpha value is -2.05. The molecule has 0 aliphatic rings. The van der Waals surface area contributed by atoms with Crippen molar-refractivity contribution in [3.63, 3.8) is 0 Å². The Labute approximate surface area is 143 Å². The number of aromatic nitrogens is 1. The number of hydrogen-bond acceptors (Lipinski definition) is 2. The molecule has 1 N–H and O–H groups in total. The van der Waals surface area contributed by atoms with Crippen molar-refractivity contribution in [3.8, 4) is 0 Å². The zero-order valence-electron chi connectivity index (χ0n) is 11.4. The topological polar surface area (TPSA) is 42.0 Å². The molecule has 0 fully saturated rings. The predicted molar refractivity (Wildman–Crippen MR) is 88.8 cm³/mol. The standard InChI is InChI=1S/C16H8BrClF2N2O/c17-10-3-4-14(15-8(10)2-1-5-21-15)22-16(23)9-6-12(19)13(20)7-11(9)18/h1-7H,(H,22,23). The van der Waals surface area contributed by atoms with E-state index in [9.17, 15) is 13.6 Å². The number of hydrogen-bond donors (Lipinski definition) is 1. The molecule has 7 heteroatoms. The largest absolute Gasteiger partial charge is 0.320 e. The SMILES string of the molecule is O=C(Nc1ccc(Br)c2cccnc12)c1cc(F)c(F)cc1Cl. The van der Waals surface area contributed by atoms with Crippen molar-refractivity contribution in [3.05, 3.63) is 69.3 Å². The van der Waals surface area contributed by atoms with Gasteiger partial charge in [-0.3, -0.25) is 9.78 Å². The zero-order chi connectivity index (χ0) is 16.6. The highest BCUT2D eigenvalue weighted by atomic mass is 79.9. The summed E-state index contributed by atoms with van der Waals surface area (Å²) < 4.78 is 27.3. The van der Waals surface area contributed by atoms with Gasteiger partial charge in [-0.2, -0.15) is 0 Å². The molecule has 3 nitrogen and oxygen atoms in total. The number of nitrogens with zero attached hydrogens (tertiary/aromatic N) is 1. The van der Waals surface area contributed by atoms with Crippen LogP contribution < -0.4 is 5.32 Å². The van der Waals surface area contributed by atoms with Crippen LogP contribution in [0.1, 0.15) is 10.4 Å². The van der Waals surface area contributed by atoms with Gasteiger partial charge in [-0.15, -0.1) is 0 Å². The Morgan fingerprint density at radius 2 is 1.91 bits per heavy atom. The summed E-state index contributed by atoms with van der Waals surface area (Å²) >= 11 is 9.22. The summed E-state index contributed by atoms with van der Waals surface area (Å²) in [6, 6.07) is 8.56. The van der Waals surface area contributed by atoms with Crippen LogP contribution in [0.5, 0.6) is 0 Å². The van der Waals surface area contributed by atoms with Crippen molar-refractivity contribution < 1.29 is 13.6 Å². The first-order chi connectivity index (χ1) is 11.0. The first kappa shape index (κ1) is 15.8. The second kappa shape index (κ2) is 6.22. The molecule has 0 bridgehead atoms. The van der Waals surface area contributed by atoms with Gasteiger partial charge in [0.2, 0.25) is 0 Å². The molecule has 23 heavy (non-hydrogen) atoms.